The van der Waals surface area contributed by atoms with Crippen molar-refractivity contribution in [3.63, 3.8) is 0 Å². The molecule has 126 valence electrons. The maximum Gasteiger partial charge on any atom is 0.341 e. The van der Waals surface area contributed by atoms with Crippen LogP contribution in [-0.2, 0) is 14.4 Å². The van der Waals surface area contributed by atoms with Crippen molar-refractivity contribution < 1.29 is 29.0 Å². The summed E-state index contributed by atoms with van der Waals surface area (Å²) in [7, 11) is 0. The van der Waals surface area contributed by atoms with Crippen LogP contribution in [0.3, 0.4) is 0 Å². The zero-order valence-corrected chi connectivity index (χ0v) is 12.9. The maximum atomic E-state index is 12.7. The summed E-state index contributed by atoms with van der Waals surface area (Å²) in [5.74, 6) is -1.98. The van der Waals surface area contributed by atoms with Gasteiger partial charge in [-0.05, 0) is 25.5 Å². The van der Waals surface area contributed by atoms with E-state index in [0.717, 1.165) is 0 Å². The summed E-state index contributed by atoms with van der Waals surface area (Å²) in [6, 6.07) is 3.63. The van der Waals surface area contributed by atoms with Gasteiger partial charge in [-0.15, -0.1) is 0 Å². The van der Waals surface area contributed by atoms with Gasteiger partial charge in [0.05, 0.1) is 6.04 Å². The fraction of sp³-hybridized carbons (Fsp3) is 0.375. The minimum Gasteiger partial charge on any atom is -0.482 e. The van der Waals surface area contributed by atoms with E-state index in [1.807, 2.05) is 0 Å². The van der Waals surface area contributed by atoms with Crippen LogP contribution in [0.5, 0.6) is 5.75 Å². The van der Waals surface area contributed by atoms with Crippen LogP contribution in [0.1, 0.15) is 41.7 Å². The van der Waals surface area contributed by atoms with Gasteiger partial charge in [-0.25, -0.2) is 4.79 Å². The molecule has 2 atom stereocenters. The highest BCUT2D eigenvalue weighted by molar-refractivity contribution is 6.06. The Hall–Kier alpha value is -2.90. The number of nitrogens with one attached hydrogen (secondary N) is 1. The van der Waals surface area contributed by atoms with Crippen molar-refractivity contribution in [2.24, 2.45) is 0 Å². The Morgan fingerprint density at radius 2 is 2.12 bits per heavy atom. The van der Waals surface area contributed by atoms with Gasteiger partial charge in [0.1, 0.15) is 11.8 Å². The van der Waals surface area contributed by atoms with Crippen molar-refractivity contribution in [3.8, 4) is 5.75 Å². The molecule has 0 spiro atoms. The summed E-state index contributed by atoms with van der Waals surface area (Å²) in [6.07, 6.45) is 0.436. The van der Waals surface area contributed by atoms with Gasteiger partial charge in [0, 0.05) is 17.5 Å². The van der Waals surface area contributed by atoms with E-state index in [1.54, 1.807) is 25.1 Å². The minimum absolute atomic E-state index is 0.172. The topological polar surface area (TPSA) is 113 Å². The van der Waals surface area contributed by atoms with E-state index in [9.17, 15) is 19.2 Å². The Balaban J connectivity index is 1.92. The van der Waals surface area contributed by atoms with Gasteiger partial charge in [0.15, 0.2) is 6.61 Å². The normalized spacial score (nSPS) is 23.0. The Morgan fingerprint density at radius 3 is 2.79 bits per heavy atom. The van der Waals surface area contributed by atoms with Gasteiger partial charge in [-0.1, -0.05) is 6.07 Å². The van der Waals surface area contributed by atoms with E-state index >= 15 is 0 Å². The van der Waals surface area contributed by atoms with Crippen LogP contribution in [0.2, 0.25) is 0 Å². The molecule has 2 N–H and O–H groups in total. The molecule has 1 saturated heterocycles. The van der Waals surface area contributed by atoms with E-state index in [2.05, 4.69) is 5.32 Å². The van der Waals surface area contributed by atoms with Crippen molar-refractivity contribution in [1.29, 1.82) is 0 Å². The summed E-state index contributed by atoms with van der Waals surface area (Å²) in [4.78, 5) is 48.3. The van der Waals surface area contributed by atoms with Crippen molar-refractivity contribution in [2.45, 2.75) is 31.8 Å². The number of imide groups is 1. The SMILES string of the molecule is CC1c2c(OCC(=O)O)cccc2C(=O)N1C1CCC(=O)NC1=O. The van der Waals surface area contributed by atoms with Crippen LogP contribution < -0.4 is 10.1 Å². The lowest BCUT2D eigenvalue weighted by Crippen LogP contribution is -2.53. The zero-order valence-electron chi connectivity index (χ0n) is 12.9. The summed E-state index contributed by atoms with van der Waals surface area (Å²) >= 11 is 0. The maximum absolute atomic E-state index is 12.7. The molecule has 1 aromatic rings. The highest BCUT2D eigenvalue weighted by Crippen LogP contribution is 2.41. The van der Waals surface area contributed by atoms with Crippen molar-refractivity contribution in [2.75, 3.05) is 6.61 Å². The number of piperidine rings is 1. The number of ether oxygens (including phenoxy) is 1. The van der Waals surface area contributed by atoms with Crippen LogP contribution in [0.25, 0.3) is 0 Å². The van der Waals surface area contributed by atoms with Gasteiger partial charge in [0.2, 0.25) is 11.8 Å². The molecule has 8 heteroatoms. The summed E-state index contributed by atoms with van der Waals surface area (Å²) in [6.45, 7) is 1.23. The first-order chi connectivity index (χ1) is 11.4. The summed E-state index contributed by atoms with van der Waals surface area (Å²) in [5.41, 5.74) is 0.948. The molecule has 24 heavy (non-hydrogen) atoms. The lowest BCUT2D eigenvalue weighted by molar-refractivity contribution is -0.139. The van der Waals surface area contributed by atoms with Gasteiger partial charge in [0.25, 0.3) is 5.91 Å². The third-order valence-electron chi connectivity index (χ3n) is 4.26. The third kappa shape index (κ3) is 2.60. The average Bonchev–Trinajstić information content (AvgIpc) is 2.78. The van der Waals surface area contributed by atoms with E-state index in [0.29, 0.717) is 16.9 Å². The number of fused-ring (bicyclic) bond motifs is 1. The molecule has 2 aliphatic rings. The number of carbonyl (C=O) groups excluding carboxylic acids is 3. The second-order valence-electron chi connectivity index (χ2n) is 5.76. The van der Waals surface area contributed by atoms with E-state index in [1.165, 1.54) is 4.90 Å². The number of amides is 3. The monoisotopic (exact) mass is 332 g/mol. The molecule has 2 heterocycles. The Morgan fingerprint density at radius 1 is 1.38 bits per heavy atom. The van der Waals surface area contributed by atoms with Crippen LogP contribution in [0.4, 0.5) is 0 Å². The quantitative estimate of drug-likeness (QED) is 0.775. The van der Waals surface area contributed by atoms with Crippen LogP contribution >= 0.6 is 0 Å². The molecule has 1 fully saturated rings. The molecule has 1 aromatic carbocycles. The second kappa shape index (κ2) is 5.95. The number of hydrogen-bond donors (Lipinski definition) is 2. The van der Waals surface area contributed by atoms with E-state index in [4.69, 9.17) is 9.84 Å². The molecule has 0 saturated carbocycles. The predicted molar refractivity (Wildman–Crippen MR) is 80.3 cm³/mol. The lowest BCUT2D eigenvalue weighted by Gasteiger charge is -2.33. The van der Waals surface area contributed by atoms with E-state index < -0.39 is 30.6 Å². The van der Waals surface area contributed by atoms with Crippen LogP contribution in [-0.4, -0.2) is 46.3 Å². The van der Waals surface area contributed by atoms with Gasteiger partial charge in [-0.2, -0.15) is 0 Å². The smallest absolute Gasteiger partial charge is 0.341 e. The fourth-order valence-corrected chi connectivity index (χ4v) is 3.24. The predicted octanol–water partition coefficient (Wildman–Crippen LogP) is 0.472. The highest BCUT2D eigenvalue weighted by Gasteiger charge is 2.44. The Bertz CT molecular complexity index is 744. The Kier molecular flexibility index (Phi) is 3.96. The first kappa shape index (κ1) is 16.0. The first-order valence-corrected chi connectivity index (χ1v) is 7.54. The molecule has 2 unspecified atom stereocenters. The zero-order chi connectivity index (χ0) is 17.4. The fourth-order valence-electron chi connectivity index (χ4n) is 3.24. The number of rotatable bonds is 4. The number of aliphatic carboxylic acids is 1. The average molecular weight is 332 g/mol. The number of carboxylic acids is 1. The molecule has 2 aliphatic heterocycles. The standard InChI is InChI=1S/C16H16N2O6/c1-8-14-9(3-2-4-11(14)24-7-13(20)21)16(23)18(8)10-5-6-12(19)17-15(10)22/h2-4,8,10H,5-7H2,1H3,(H,20,21)(H,17,19,22). The molecule has 0 bridgehead atoms. The number of benzene rings is 1. The summed E-state index contributed by atoms with van der Waals surface area (Å²) in [5, 5.41) is 11.0. The molecule has 3 rings (SSSR count). The Labute approximate surface area is 137 Å². The number of hydrogen-bond acceptors (Lipinski definition) is 5. The number of carboxylic acid groups (broad SMARTS) is 1. The lowest BCUT2D eigenvalue weighted by atomic mass is 10.0. The molecular formula is C16H16N2O6. The largest absolute Gasteiger partial charge is 0.482 e. The molecule has 0 aliphatic carbocycles. The van der Waals surface area contributed by atoms with Crippen molar-refractivity contribution >= 4 is 23.7 Å². The molecule has 0 radical (unpaired) electrons. The molecule has 0 aromatic heterocycles. The van der Waals surface area contributed by atoms with E-state index in [-0.39, 0.29) is 24.7 Å². The highest BCUT2D eigenvalue weighted by atomic mass is 16.5. The molecule has 3 amide bonds. The van der Waals surface area contributed by atoms with Crippen LogP contribution in [0.15, 0.2) is 18.2 Å². The number of nitrogens with zero attached hydrogens (tertiary/aromatic N) is 1. The second-order valence-corrected chi connectivity index (χ2v) is 5.76. The van der Waals surface area contributed by atoms with Crippen molar-refractivity contribution in [1.82, 2.24) is 10.2 Å². The van der Waals surface area contributed by atoms with Gasteiger partial charge < -0.3 is 14.7 Å². The molecule has 8 nitrogen and oxygen atoms in total. The first-order valence-electron chi connectivity index (χ1n) is 7.54. The van der Waals surface area contributed by atoms with Crippen molar-refractivity contribution in [3.05, 3.63) is 29.3 Å². The van der Waals surface area contributed by atoms with Crippen LogP contribution in [0, 0.1) is 0 Å². The van der Waals surface area contributed by atoms with Gasteiger partial charge >= 0.3 is 5.97 Å². The van der Waals surface area contributed by atoms with Gasteiger partial charge in [-0.3, -0.25) is 19.7 Å². The summed E-state index contributed by atoms with van der Waals surface area (Å²) < 4.78 is 5.28. The minimum atomic E-state index is -1.12. The third-order valence-corrected chi connectivity index (χ3v) is 4.26. The molecular weight excluding hydrogens is 316 g/mol. The number of carbonyl (C=O) groups is 4.